The topological polar surface area (TPSA) is 100 Å². The Morgan fingerprint density at radius 3 is 2.43 bits per heavy atom. The number of hydrogen-bond donors (Lipinski definition) is 2. The summed E-state index contributed by atoms with van der Waals surface area (Å²) >= 11 is 6.43. The summed E-state index contributed by atoms with van der Waals surface area (Å²) in [6.45, 7) is 3.71. The fraction of sp³-hybridized carbons (Fsp3) is 0.148. The van der Waals surface area contributed by atoms with Crippen LogP contribution in [0.5, 0.6) is 11.5 Å². The van der Waals surface area contributed by atoms with Crippen LogP contribution in [0.15, 0.2) is 72.3 Å². The molecule has 35 heavy (non-hydrogen) atoms. The zero-order chi connectivity index (χ0) is 25.2. The Morgan fingerprint density at radius 2 is 1.74 bits per heavy atom. The van der Waals surface area contributed by atoms with Crippen molar-refractivity contribution in [3.8, 4) is 17.6 Å². The minimum atomic E-state index is -0.555. The number of amides is 2. The van der Waals surface area contributed by atoms with Crippen molar-refractivity contribution in [1.82, 2.24) is 0 Å². The first-order valence-electron chi connectivity index (χ1n) is 10.8. The molecule has 0 radical (unpaired) electrons. The van der Waals surface area contributed by atoms with E-state index in [2.05, 4.69) is 10.6 Å². The van der Waals surface area contributed by atoms with Crippen LogP contribution in [0.2, 0.25) is 5.02 Å². The van der Waals surface area contributed by atoms with Crippen molar-refractivity contribution in [3.63, 3.8) is 0 Å². The molecule has 3 rings (SSSR count). The number of rotatable bonds is 9. The van der Waals surface area contributed by atoms with Gasteiger partial charge in [0.15, 0.2) is 18.1 Å². The summed E-state index contributed by atoms with van der Waals surface area (Å²) in [7, 11) is 0. The van der Waals surface area contributed by atoms with E-state index in [1.54, 1.807) is 43.3 Å². The average molecular weight is 490 g/mol. The van der Waals surface area contributed by atoms with Gasteiger partial charge in [0.2, 0.25) is 0 Å². The lowest BCUT2D eigenvalue weighted by Gasteiger charge is -2.15. The molecule has 2 N–H and O–H groups in total. The lowest BCUT2D eigenvalue weighted by atomic mass is 10.1. The molecule has 178 valence electrons. The van der Waals surface area contributed by atoms with Crippen LogP contribution in [0, 0.1) is 18.3 Å². The molecular formula is C27H24ClN3O4. The second kappa shape index (κ2) is 12.3. The number of carbonyl (C=O) groups excluding carboxylic acids is 2. The monoisotopic (exact) mass is 489 g/mol. The van der Waals surface area contributed by atoms with E-state index in [4.69, 9.17) is 21.1 Å². The Balaban J connectivity index is 1.77. The number of aryl methyl sites for hydroxylation is 1. The Bertz CT molecular complexity index is 1280. The van der Waals surface area contributed by atoms with Gasteiger partial charge >= 0.3 is 0 Å². The molecule has 0 unspecified atom stereocenters. The second-order valence-electron chi connectivity index (χ2n) is 7.40. The lowest BCUT2D eigenvalue weighted by molar-refractivity contribution is -0.118. The Hall–Kier alpha value is -4.28. The standard InChI is InChI=1S/C27H24ClN3O4/c1-3-34-24-15-19(13-20(16-29)27(33)30-21-10-5-4-6-11-21)14-22(28)26(24)35-17-25(32)31-23-12-8-7-9-18(23)2/h4-15H,3,17H2,1-2H3,(H,30,33)(H,31,32)/b20-13+. The van der Waals surface area contributed by atoms with Crippen molar-refractivity contribution in [3.05, 3.63) is 88.5 Å². The molecule has 0 bridgehead atoms. The summed E-state index contributed by atoms with van der Waals surface area (Å²) in [5, 5.41) is 15.1. The maximum absolute atomic E-state index is 12.5. The number of nitrogens with one attached hydrogen (secondary N) is 2. The van der Waals surface area contributed by atoms with Gasteiger partial charge in [-0.05, 0) is 61.4 Å². The largest absolute Gasteiger partial charge is 0.490 e. The third kappa shape index (κ3) is 7.10. The molecule has 8 heteroatoms. The summed E-state index contributed by atoms with van der Waals surface area (Å²) < 4.78 is 11.3. The normalized spacial score (nSPS) is 10.7. The van der Waals surface area contributed by atoms with Gasteiger partial charge in [-0.25, -0.2) is 0 Å². The smallest absolute Gasteiger partial charge is 0.266 e. The van der Waals surface area contributed by atoms with Gasteiger partial charge < -0.3 is 20.1 Å². The zero-order valence-electron chi connectivity index (χ0n) is 19.3. The van der Waals surface area contributed by atoms with Crippen LogP contribution in [0.25, 0.3) is 6.08 Å². The average Bonchev–Trinajstić information content (AvgIpc) is 2.84. The van der Waals surface area contributed by atoms with E-state index in [0.717, 1.165) is 5.56 Å². The van der Waals surface area contributed by atoms with Crippen LogP contribution in [-0.4, -0.2) is 25.0 Å². The number of carbonyl (C=O) groups is 2. The summed E-state index contributed by atoms with van der Waals surface area (Å²) in [6, 6.07) is 21.3. The van der Waals surface area contributed by atoms with Crippen molar-refractivity contribution >= 4 is 40.9 Å². The van der Waals surface area contributed by atoms with Crippen LogP contribution in [-0.2, 0) is 9.59 Å². The van der Waals surface area contributed by atoms with Crippen LogP contribution in [0.1, 0.15) is 18.1 Å². The SMILES string of the molecule is CCOc1cc(/C=C(\C#N)C(=O)Nc2ccccc2)cc(Cl)c1OCC(=O)Nc1ccccc1C. The van der Waals surface area contributed by atoms with Crippen molar-refractivity contribution in [2.45, 2.75) is 13.8 Å². The van der Waals surface area contributed by atoms with Gasteiger partial charge in [-0.2, -0.15) is 5.26 Å². The molecule has 0 saturated heterocycles. The predicted molar refractivity (Wildman–Crippen MR) is 137 cm³/mol. The fourth-order valence-corrected chi connectivity index (χ4v) is 3.42. The number of nitriles is 1. The molecule has 3 aromatic rings. The number of nitrogens with zero attached hydrogens (tertiary/aromatic N) is 1. The van der Waals surface area contributed by atoms with Crippen LogP contribution in [0.3, 0.4) is 0 Å². The molecular weight excluding hydrogens is 466 g/mol. The predicted octanol–water partition coefficient (Wildman–Crippen LogP) is 5.61. The molecule has 0 spiro atoms. The summed E-state index contributed by atoms with van der Waals surface area (Å²) in [4.78, 5) is 24.9. The van der Waals surface area contributed by atoms with Crippen molar-refractivity contribution in [1.29, 1.82) is 5.26 Å². The quantitative estimate of drug-likeness (QED) is 0.300. The van der Waals surface area contributed by atoms with Gasteiger partial charge in [-0.1, -0.05) is 48.0 Å². The number of ether oxygens (including phenoxy) is 2. The Kier molecular flexibility index (Phi) is 8.88. The number of benzene rings is 3. The van der Waals surface area contributed by atoms with Crippen molar-refractivity contribution < 1.29 is 19.1 Å². The minimum Gasteiger partial charge on any atom is -0.490 e. The molecule has 0 saturated carbocycles. The third-order valence-corrected chi connectivity index (χ3v) is 5.09. The van der Waals surface area contributed by atoms with Gasteiger partial charge in [0.05, 0.1) is 11.6 Å². The summed E-state index contributed by atoms with van der Waals surface area (Å²) in [5.74, 6) is -0.430. The first-order chi connectivity index (χ1) is 16.9. The fourth-order valence-electron chi connectivity index (χ4n) is 3.15. The summed E-state index contributed by atoms with van der Waals surface area (Å²) in [6.07, 6.45) is 1.40. The molecule has 0 aromatic heterocycles. The van der Waals surface area contributed by atoms with Crippen LogP contribution >= 0.6 is 11.6 Å². The van der Waals surface area contributed by atoms with E-state index >= 15 is 0 Å². The van der Waals surface area contributed by atoms with Crippen LogP contribution in [0.4, 0.5) is 11.4 Å². The maximum Gasteiger partial charge on any atom is 0.266 e. The molecule has 0 aliphatic carbocycles. The van der Waals surface area contributed by atoms with E-state index in [1.165, 1.54) is 12.1 Å². The maximum atomic E-state index is 12.5. The van der Waals surface area contributed by atoms with E-state index in [9.17, 15) is 14.9 Å². The molecule has 0 heterocycles. The molecule has 7 nitrogen and oxygen atoms in total. The van der Waals surface area contributed by atoms with E-state index in [0.29, 0.717) is 23.5 Å². The first kappa shape index (κ1) is 25.3. The van der Waals surface area contributed by atoms with Gasteiger partial charge in [-0.15, -0.1) is 0 Å². The molecule has 3 aromatic carbocycles. The van der Waals surface area contributed by atoms with Gasteiger partial charge in [-0.3, -0.25) is 9.59 Å². The second-order valence-corrected chi connectivity index (χ2v) is 7.81. The summed E-state index contributed by atoms with van der Waals surface area (Å²) in [5.41, 5.74) is 2.54. The number of anilines is 2. The van der Waals surface area contributed by atoms with Gasteiger partial charge in [0, 0.05) is 11.4 Å². The highest BCUT2D eigenvalue weighted by Gasteiger charge is 2.16. The highest BCUT2D eigenvalue weighted by Crippen LogP contribution is 2.37. The Morgan fingerprint density at radius 1 is 1.03 bits per heavy atom. The molecule has 2 amide bonds. The third-order valence-electron chi connectivity index (χ3n) is 4.81. The van der Waals surface area contributed by atoms with E-state index in [-0.39, 0.29) is 34.6 Å². The van der Waals surface area contributed by atoms with Crippen molar-refractivity contribution in [2.24, 2.45) is 0 Å². The number of para-hydroxylation sites is 2. The van der Waals surface area contributed by atoms with Gasteiger partial charge in [0.1, 0.15) is 11.6 Å². The number of halogens is 1. The minimum absolute atomic E-state index is 0.112. The van der Waals surface area contributed by atoms with Crippen LogP contribution < -0.4 is 20.1 Å². The van der Waals surface area contributed by atoms with E-state index in [1.807, 2.05) is 37.3 Å². The lowest BCUT2D eigenvalue weighted by Crippen LogP contribution is -2.21. The zero-order valence-corrected chi connectivity index (χ0v) is 20.1. The molecule has 0 aliphatic rings. The highest BCUT2D eigenvalue weighted by molar-refractivity contribution is 6.32. The molecule has 0 aliphatic heterocycles. The van der Waals surface area contributed by atoms with Gasteiger partial charge in [0.25, 0.3) is 11.8 Å². The molecule has 0 atom stereocenters. The van der Waals surface area contributed by atoms with E-state index < -0.39 is 5.91 Å². The molecule has 0 fully saturated rings. The van der Waals surface area contributed by atoms with Crippen molar-refractivity contribution in [2.75, 3.05) is 23.8 Å². The highest BCUT2D eigenvalue weighted by atomic mass is 35.5. The first-order valence-corrected chi connectivity index (χ1v) is 11.2. The number of hydrogen-bond acceptors (Lipinski definition) is 5. The Labute approximate surface area is 208 Å².